The first-order valence-electron chi connectivity index (χ1n) is 8.30. The third kappa shape index (κ3) is 2.98. The number of rotatable bonds is 5. The molecule has 3 nitrogen and oxygen atoms in total. The molecule has 1 aliphatic heterocycles. The Labute approximate surface area is 127 Å². The number of hydrogen-bond acceptors (Lipinski definition) is 2. The van der Waals surface area contributed by atoms with E-state index in [1.54, 1.807) is 0 Å². The SMILES string of the molecule is CCCC(N)Cc1ccc2c(c1)CC(C)N2C(=O)C1CC1. The largest absolute Gasteiger partial charge is 0.327 e. The Kier molecular flexibility index (Phi) is 4.03. The van der Waals surface area contributed by atoms with E-state index in [2.05, 4.69) is 32.0 Å². The van der Waals surface area contributed by atoms with Crippen LogP contribution in [-0.4, -0.2) is 18.0 Å². The number of hydrogen-bond donors (Lipinski definition) is 1. The number of amides is 1. The number of nitrogens with zero attached hydrogens (tertiary/aromatic N) is 1. The maximum Gasteiger partial charge on any atom is 0.230 e. The van der Waals surface area contributed by atoms with Gasteiger partial charge < -0.3 is 10.6 Å². The number of nitrogens with two attached hydrogens (primary N) is 1. The molecular formula is C18H26N2O. The maximum absolute atomic E-state index is 12.4. The number of carbonyl (C=O) groups is 1. The van der Waals surface area contributed by atoms with Crippen LogP contribution in [0.2, 0.25) is 0 Å². The highest BCUT2D eigenvalue weighted by Gasteiger charge is 2.39. The van der Waals surface area contributed by atoms with Crippen molar-refractivity contribution in [2.75, 3.05) is 4.90 Å². The van der Waals surface area contributed by atoms with Crippen LogP contribution in [0.1, 0.15) is 50.7 Å². The van der Waals surface area contributed by atoms with E-state index in [4.69, 9.17) is 5.73 Å². The third-order valence-electron chi connectivity index (χ3n) is 4.68. The molecule has 3 heteroatoms. The van der Waals surface area contributed by atoms with Gasteiger partial charge in [-0.25, -0.2) is 0 Å². The monoisotopic (exact) mass is 286 g/mol. The summed E-state index contributed by atoms with van der Waals surface area (Å²) in [6, 6.07) is 7.09. The van der Waals surface area contributed by atoms with Gasteiger partial charge in [0.1, 0.15) is 0 Å². The van der Waals surface area contributed by atoms with Crippen LogP contribution in [0.15, 0.2) is 18.2 Å². The summed E-state index contributed by atoms with van der Waals surface area (Å²) in [5, 5.41) is 0. The van der Waals surface area contributed by atoms with Gasteiger partial charge in [-0.15, -0.1) is 0 Å². The summed E-state index contributed by atoms with van der Waals surface area (Å²) in [5.74, 6) is 0.618. The minimum atomic E-state index is 0.246. The molecule has 1 amide bonds. The van der Waals surface area contributed by atoms with E-state index in [9.17, 15) is 4.79 Å². The van der Waals surface area contributed by atoms with Gasteiger partial charge in [-0.1, -0.05) is 25.5 Å². The predicted molar refractivity (Wildman–Crippen MR) is 86.4 cm³/mol. The Morgan fingerprint density at radius 1 is 1.43 bits per heavy atom. The molecule has 1 aromatic rings. The molecule has 1 aliphatic carbocycles. The van der Waals surface area contributed by atoms with Crippen molar-refractivity contribution in [3.8, 4) is 0 Å². The fraction of sp³-hybridized carbons (Fsp3) is 0.611. The third-order valence-corrected chi connectivity index (χ3v) is 4.68. The molecule has 3 rings (SSSR count). The van der Waals surface area contributed by atoms with E-state index in [0.717, 1.165) is 44.2 Å². The standard InChI is InChI=1S/C18H26N2O/c1-3-4-16(19)11-13-5-8-17-15(10-13)9-12(2)20(17)18(21)14-6-7-14/h5,8,10,12,14,16H,3-4,6-7,9,11,19H2,1-2H3. The lowest BCUT2D eigenvalue weighted by molar-refractivity contribution is -0.120. The van der Waals surface area contributed by atoms with Crippen molar-refractivity contribution in [1.29, 1.82) is 0 Å². The molecule has 2 aliphatic rings. The van der Waals surface area contributed by atoms with E-state index in [0.29, 0.717) is 11.9 Å². The molecule has 0 spiro atoms. The Morgan fingerprint density at radius 3 is 2.86 bits per heavy atom. The summed E-state index contributed by atoms with van der Waals surface area (Å²) < 4.78 is 0. The molecule has 1 saturated carbocycles. The van der Waals surface area contributed by atoms with E-state index < -0.39 is 0 Å². The topological polar surface area (TPSA) is 46.3 Å². The first kappa shape index (κ1) is 14.6. The number of fused-ring (bicyclic) bond motifs is 1. The molecule has 1 heterocycles. The smallest absolute Gasteiger partial charge is 0.230 e. The van der Waals surface area contributed by atoms with Crippen LogP contribution in [-0.2, 0) is 17.6 Å². The van der Waals surface area contributed by atoms with Crippen LogP contribution in [0.25, 0.3) is 0 Å². The van der Waals surface area contributed by atoms with Gasteiger partial charge in [-0.05, 0) is 56.2 Å². The summed E-state index contributed by atoms with van der Waals surface area (Å²) in [6.45, 7) is 4.33. The van der Waals surface area contributed by atoms with E-state index >= 15 is 0 Å². The Morgan fingerprint density at radius 2 is 2.19 bits per heavy atom. The van der Waals surface area contributed by atoms with E-state index in [1.165, 1.54) is 11.1 Å². The molecule has 0 bridgehead atoms. The number of carbonyl (C=O) groups excluding carboxylic acids is 1. The van der Waals surface area contributed by atoms with Crippen molar-refractivity contribution in [2.24, 2.45) is 11.7 Å². The van der Waals surface area contributed by atoms with Gasteiger partial charge in [0.05, 0.1) is 0 Å². The van der Waals surface area contributed by atoms with Crippen LogP contribution in [0.3, 0.4) is 0 Å². The summed E-state index contributed by atoms with van der Waals surface area (Å²) in [5.41, 5.74) is 9.90. The molecule has 114 valence electrons. The highest BCUT2D eigenvalue weighted by molar-refractivity contribution is 5.98. The van der Waals surface area contributed by atoms with Gasteiger partial charge in [0.15, 0.2) is 0 Å². The predicted octanol–water partition coefficient (Wildman–Crippen LogP) is 3.04. The molecule has 2 atom stereocenters. The number of anilines is 1. The zero-order valence-corrected chi connectivity index (χ0v) is 13.1. The van der Waals surface area contributed by atoms with Crippen molar-refractivity contribution in [3.05, 3.63) is 29.3 Å². The minimum absolute atomic E-state index is 0.246. The van der Waals surface area contributed by atoms with Crippen LogP contribution in [0.5, 0.6) is 0 Å². The van der Waals surface area contributed by atoms with Crippen molar-refractivity contribution in [1.82, 2.24) is 0 Å². The van der Waals surface area contributed by atoms with Gasteiger partial charge in [0.25, 0.3) is 0 Å². The van der Waals surface area contributed by atoms with Gasteiger partial charge in [-0.3, -0.25) is 4.79 Å². The van der Waals surface area contributed by atoms with Crippen LogP contribution < -0.4 is 10.6 Å². The van der Waals surface area contributed by atoms with E-state index in [1.807, 2.05) is 4.90 Å². The lowest BCUT2D eigenvalue weighted by Crippen LogP contribution is -2.36. The average molecular weight is 286 g/mol. The van der Waals surface area contributed by atoms with Gasteiger partial charge >= 0.3 is 0 Å². The van der Waals surface area contributed by atoms with Gasteiger partial charge in [-0.2, -0.15) is 0 Å². The van der Waals surface area contributed by atoms with Crippen molar-refractivity contribution < 1.29 is 4.79 Å². The fourth-order valence-corrected chi connectivity index (χ4v) is 3.45. The molecular weight excluding hydrogens is 260 g/mol. The summed E-state index contributed by atoms with van der Waals surface area (Å²) >= 11 is 0. The van der Waals surface area contributed by atoms with Crippen molar-refractivity contribution in [2.45, 2.75) is 64.5 Å². The molecule has 1 fully saturated rings. The van der Waals surface area contributed by atoms with Crippen LogP contribution >= 0.6 is 0 Å². The zero-order valence-electron chi connectivity index (χ0n) is 13.1. The average Bonchev–Trinajstić information content (AvgIpc) is 3.21. The van der Waals surface area contributed by atoms with Crippen LogP contribution in [0.4, 0.5) is 5.69 Å². The lowest BCUT2D eigenvalue weighted by atomic mass is 10.00. The minimum Gasteiger partial charge on any atom is -0.327 e. The van der Waals surface area contributed by atoms with E-state index in [-0.39, 0.29) is 12.0 Å². The lowest BCUT2D eigenvalue weighted by Gasteiger charge is -2.22. The van der Waals surface area contributed by atoms with Crippen molar-refractivity contribution in [3.63, 3.8) is 0 Å². The van der Waals surface area contributed by atoms with Crippen LogP contribution in [0, 0.1) is 5.92 Å². The van der Waals surface area contributed by atoms with Gasteiger partial charge in [0.2, 0.25) is 5.91 Å². The first-order valence-corrected chi connectivity index (χ1v) is 8.30. The summed E-state index contributed by atoms with van der Waals surface area (Å²) in [6.07, 6.45) is 6.26. The van der Waals surface area contributed by atoms with Crippen molar-refractivity contribution >= 4 is 11.6 Å². The summed E-state index contributed by atoms with van der Waals surface area (Å²) in [4.78, 5) is 14.5. The molecule has 0 aromatic heterocycles. The second-order valence-electron chi connectivity index (χ2n) is 6.75. The molecule has 21 heavy (non-hydrogen) atoms. The Balaban J connectivity index is 1.77. The zero-order chi connectivity index (χ0) is 15.0. The fourth-order valence-electron chi connectivity index (χ4n) is 3.45. The quantitative estimate of drug-likeness (QED) is 0.904. The highest BCUT2D eigenvalue weighted by Crippen LogP contribution is 2.39. The molecule has 2 N–H and O–H groups in total. The molecule has 0 saturated heterocycles. The molecule has 2 unspecified atom stereocenters. The first-order chi connectivity index (χ1) is 10.1. The molecule has 0 radical (unpaired) electrons. The maximum atomic E-state index is 12.4. The highest BCUT2D eigenvalue weighted by atomic mass is 16.2. The van der Waals surface area contributed by atoms with Gasteiger partial charge in [0, 0.05) is 23.7 Å². The Hall–Kier alpha value is -1.35. The number of benzene rings is 1. The summed E-state index contributed by atoms with van der Waals surface area (Å²) in [7, 11) is 0. The second-order valence-corrected chi connectivity index (χ2v) is 6.75. The Bertz CT molecular complexity index is 536. The second kappa shape index (κ2) is 5.80. The normalized spacial score (nSPS) is 22.2. The molecule has 1 aromatic carbocycles.